The van der Waals surface area contributed by atoms with Gasteiger partial charge >= 0.3 is 6.09 Å². The van der Waals surface area contributed by atoms with Gasteiger partial charge in [0.05, 0.1) is 0 Å². The standard InChI is InChI=1S/C18H29NO3/c1-5-11-18(4,12-6-2)22-16-10-8-9-15(14-16)21-17(20)19-13-7-3/h8-10,14H,5-7,11-13H2,1-4H3,(H,19,20). The monoisotopic (exact) mass is 307 g/mol. The van der Waals surface area contributed by atoms with Gasteiger partial charge in [0.25, 0.3) is 0 Å². The lowest BCUT2D eigenvalue weighted by Gasteiger charge is -2.30. The molecule has 0 aliphatic heterocycles. The van der Waals surface area contributed by atoms with Crippen LogP contribution >= 0.6 is 0 Å². The minimum Gasteiger partial charge on any atom is -0.487 e. The number of hydrogen-bond donors (Lipinski definition) is 1. The molecule has 0 unspecified atom stereocenters. The minimum atomic E-state index is -0.427. The first kappa shape index (κ1) is 18.3. The summed E-state index contributed by atoms with van der Waals surface area (Å²) in [4.78, 5) is 11.6. The van der Waals surface area contributed by atoms with Crippen molar-refractivity contribution >= 4 is 6.09 Å². The predicted octanol–water partition coefficient (Wildman–Crippen LogP) is 4.92. The molecule has 22 heavy (non-hydrogen) atoms. The Kier molecular flexibility index (Phi) is 7.78. The molecule has 1 amide bonds. The van der Waals surface area contributed by atoms with Crippen LogP contribution in [0.4, 0.5) is 4.79 Å². The van der Waals surface area contributed by atoms with Gasteiger partial charge in [-0.1, -0.05) is 39.7 Å². The summed E-state index contributed by atoms with van der Waals surface area (Å²) in [7, 11) is 0. The Morgan fingerprint density at radius 3 is 2.32 bits per heavy atom. The quantitative estimate of drug-likeness (QED) is 0.704. The lowest BCUT2D eigenvalue weighted by Crippen LogP contribution is -2.32. The summed E-state index contributed by atoms with van der Waals surface area (Å²) in [6, 6.07) is 7.28. The summed E-state index contributed by atoms with van der Waals surface area (Å²) < 4.78 is 11.4. The van der Waals surface area contributed by atoms with E-state index in [2.05, 4.69) is 26.1 Å². The molecule has 0 bridgehead atoms. The number of rotatable bonds is 9. The zero-order valence-corrected chi connectivity index (χ0v) is 14.3. The Labute approximate surface area is 134 Å². The van der Waals surface area contributed by atoms with E-state index in [-0.39, 0.29) is 5.60 Å². The molecule has 0 saturated carbocycles. The van der Waals surface area contributed by atoms with Crippen molar-refractivity contribution in [3.8, 4) is 11.5 Å². The summed E-state index contributed by atoms with van der Waals surface area (Å²) in [5, 5.41) is 2.69. The van der Waals surface area contributed by atoms with Crippen molar-refractivity contribution in [2.24, 2.45) is 0 Å². The number of carbonyl (C=O) groups excluding carboxylic acids is 1. The Bertz CT molecular complexity index is 453. The molecule has 4 nitrogen and oxygen atoms in total. The highest BCUT2D eigenvalue weighted by atomic mass is 16.6. The maximum Gasteiger partial charge on any atom is 0.412 e. The van der Waals surface area contributed by atoms with Gasteiger partial charge in [0.1, 0.15) is 17.1 Å². The summed E-state index contributed by atoms with van der Waals surface area (Å²) in [5.74, 6) is 1.24. The van der Waals surface area contributed by atoms with Gasteiger partial charge in [-0.25, -0.2) is 4.79 Å². The molecular weight excluding hydrogens is 278 g/mol. The van der Waals surface area contributed by atoms with Crippen LogP contribution < -0.4 is 14.8 Å². The highest BCUT2D eigenvalue weighted by Crippen LogP contribution is 2.29. The van der Waals surface area contributed by atoms with E-state index in [1.807, 2.05) is 19.1 Å². The van der Waals surface area contributed by atoms with Crippen molar-refractivity contribution in [2.45, 2.75) is 65.4 Å². The second kappa shape index (κ2) is 9.34. The fourth-order valence-corrected chi connectivity index (χ4v) is 2.54. The average molecular weight is 307 g/mol. The molecule has 0 spiro atoms. The van der Waals surface area contributed by atoms with Gasteiger partial charge in [-0.15, -0.1) is 0 Å². The van der Waals surface area contributed by atoms with Crippen LogP contribution in [0, 0.1) is 0 Å². The molecule has 124 valence electrons. The second-order valence-corrected chi connectivity index (χ2v) is 5.84. The average Bonchev–Trinajstić information content (AvgIpc) is 2.45. The first-order valence-electron chi connectivity index (χ1n) is 8.27. The normalized spacial score (nSPS) is 11.1. The molecule has 0 aliphatic carbocycles. The van der Waals surface area contributed by atoms with E-state index in [4.69, 9.17) is 9.47 Å². The lowest BCUT2D eigenvalue weighted by atomic mass is 9.94. The summed E-state index contributed by atoms with van der Waals surface area (Å²) in [6.45, 7) is 9.07. The molecule has 0 aromatic heterocycles. The molecule has 0 radical (unpaired) electrons. The molecule has 0 saturated heterocycles. The molecule has 0 fully saturated rings. The van der Waals surface area contributed by atoms with Gasteiger partial charge < -0.3 is 14.8 Å². The van der Waals surface area contributed by atoms with Crippen molar-refractivity contribution < 1.29 is 14.3 Å². The van der Waals surface area contributed by atoms with E-state index in [1.54, 1.807) is 12.1 Å². The maximum absolute atomic E-state index is 11.6. The van der Waals surface area contributed by atoms with E-state index in [1.165, 1.54) is 0 Å². The number of hydrogen-bond acceptors (Lipinski definition) is 3. The number of carbonyl (C=O) groups is 1. The first-order chi connectivity index (χ1) is 10.5. The maximum atomic E-state index is 11.6. The van der Waals surface area contributed by atoms with Gasteiger partial charge in [0, 0.05) is 12.6 Å². The number of ether oxygens (including phenoxy) is 2. The summed E-state index contributed by atoms with van der Waals surface area (Å²) in [6.07, 6.45) is 4.61. The lowest BCUT2D eigenvalue weighted by molar-refractivity contribution is 0.0679. The Hall–Kier alpha value is -1.71. The van der Waals surface area contributed by atoms with E-state index in [0.29, 0.717) is 12.3 Å². The van der Waals surface area contributed by atoms with E-state index < -0.39 is 6.09 Å². The van der Waals surface area contributed by atoms with Crippen molar-refractivity contribution in [3.05, 3.63) is 24.3 Å². The van der Waals surface area contributed by atoms with Crippen LogP contribution in [0.5, 0.6) is 11.5 Å². The highest BCUT2D eigenvalue weighted by Gasteiger charge is 2.24. The van der Waals surface area contributed by atoms with Gasteiger partial charge in [0.15, 0.2) is 0 Å². The van der Waals surface area contributed by atoms with Crippen molar-refractivity contribution in [2.75, 3.05) is 6.54 Å². The van der Waals surface area contributed by atoms with Gasteiger partial charge in [0.2, 0.25) is 0 Å². The van der Waals surface area contributed by atoms with Crippen LogP contribution in [0.15, 0.2) is 24.3 Å². The van der Waals surface area contributed by atoms with Crippen molar-refractivity contribution in [1.82, 2.24) is 5.32 Å². The van der Waals surface area contributed by atoms with Gasteiger partial charge in [-0.3, -0.25) is 0 Å². The largest absolute Gasteiger partial charge is 0.487 e. The molecule has 0 heterocycles. The molecule has 1 N–H and O–H groups in total. The Morgan fingerprint density at radius 1 is 1.09 bits per heavy atom. The van der Waals surface area contributed by atoms with Crippen LogP contribution in [0.25, 0.3) is 0 Å². The van der Waals surface area contributed by atoms with Crippen LogP contribution in [0.3, 0.4) is 0 Å². The van der Waals surface area contributed by atoms with Crippen molar-refractivity contribution in [3.63, 3.8) is 0 Å². The molecule has 1 rings (SSSR count). The number of benzene rings is 1. The SMILES string of the molecule is CCCNC(=O)Oc1cccc(OC(C)(CCC)CCC)c1. The van der Waals surface area contributed by atoms with Crippen LogP contribution in [0.2, 0.25) is 0 Å². The third kappa shape index (κ3) is 6.37. The van der Waals surface area contributed by atoms with E-state index in [0.717, 1.165) is 37.9 Å². The second-order valence-electron chi connectivity index (χ2n) is 5.84. The third-order valence-electron chi connectivity index (χ3n) is 3.46. The van der Waals surface area contributed by atoms with Gasteiger partial charge in [-0.2, -0.15) is 0 Å². The Morgan fingerprint density at radius 2 is 1.73 bits per heavy atom. The number of amides is 1. The molecule has 1 aromatic rings. The van der Waals surface area contributed by atoms with Crippen LogP contribution in [-0.4, -0.2) is 18.2 Å². The van der Waals surface area contributed by atoms with E-state index >= 15 is 0 Å². The third-order valence-corrected chi connectivity index (χ3v) is 3.46. The molecular formula is C18H29NO3. The van der Waals surface area contributed by atoms with Crippen LogP contribution in [0.1, 0.15) is 59.8 Å². The molecule has 0 atom stereocenters. The fourth-order valence-electron chi connectivity index (χ4n) is 2.54. The van der Waals surface area contributed by atoms with Crippen LogP contribution in [-0.2, 0) is 0 Å². The predicted molar refractivity (Wildman–Crippen MR) is 89.6 cm³/mol. The zero-order chi connectivity index (χ0) is 16.4. The van der Waals surface area contributed by atoms with Crippen molar-refractivity contribution in [1.29, 1.82) is 0 Å². The Balaban J connectivity index is 2.72. The summed E-state index contributed by atoms with van der Waals surface area (Å²) in [5.41, 5.74) is -0.174. The van der Waals surface area contributed by atoms with Gasteiger partial charge in [-0.05, 0) is 38.3 Å². The molecule has 4 heteroatoms. The smallest absolute Gasteiger partial charge is 0.412 e. The van der Waals surface area contributed by atoms with E-state index in [9.17, 15) is 4.79 Å². The zero-order valence-electron chi connectivity index (χ0n) is 14.3. The number of nitrogens with one attached hydrogen (secondary N) is 1. The minimum absolute atomic E-state index is 0.174. The molecule has 0 aliphatic rings. The summed E-state index contributed by atoms with van der Waals surface area (Å²) >= 11 is 0. The fraction of sp³-hybridized carbons (Fsp3) is 0.611. The first-order valence-corrected chi connectivity index (χ1v) is 8.27. The molecule has 1 aromatic carbocycles. The highest BCUT2D eigenvalue weighted by molar-refractivity contribution is 5.70. The topological polar surface area (TPSA) is 47.6 Å².